The van der Waals surface area contributed by atoms with Crippen molar-refractivity contribution in [2.45, 2.75) is 74.1 Å². The second kappa shape index (κ2) is 7.75. The fourth-order valence-corrected chi connectivity index (χ4v) is 5.67. The van der Waals surface area contributed by atoms with Crippen molar-refractivity contribution in [3.63, 3.8) is 0 Å². The van der Waals surface area contributed by atoms with Gasteiger partial charge in [0.25, 0.3) is 5.91 Å². The van der Waals surface area contributed by atoms with Crippen LogP contribution in [-0.2, 0) is 10.3 Å². The summed E-state index contributed by atoms with van der Waals surface area (Å²) in [6, 6.07) is 0. The lowest BCUT2D eigenvalue weighted by Crippen LogP contribution is -2.57. The van der Waals surface area contributed by atoms with Crippen LogP contribution < -0.4 is 0 Å². The van der Waals surface area contributed by atoms with E-state index < -0.39 is 11.7 Å². The third kappa shape index (κ3) is 3.49. The van der Waals surface area contributed by atoms with E-state index in [1.807, 2.05) is 39.5 Å². The van der Waals surface area contributed by atoms with Crippen LogP contribution in [0.3, 0.4) is 0 Å². The van der Waals surface area contributed by atoms with Gasteiger partial charge in [-0.15, -0.1) is 11.8 Å². The summed E-state index contributed by atoms with van der Waals surface area (Å²) in [7, 11) is 0. The molecule has 1 aliphatic carbocycles. The number of imide groups is 1. The van der Waals surface area contributed by atoms with Crippen LogP contribution in [0.4, 0.5) is 4.79 Å². The van der Waals surface area contributed by atoms with Crippen molar-refractivity contribution in [3.8, 4) is 0 Å². The summed E-state index contributed by atoms with van der Waals surface area (Å²) in [5, 5.41) is 1.56. The molecule has 162 valence electrons. The SMILES string of the molecule is CSc1ncc2c(SC)c3n(c2n1)C1(CCCCC1)CN(C(=O)OC(C)(C)C)C3=O. The van der Waals surface area contributed by atoms with Gasteiger partial charge in [-0.2, -0.15) is 0 Å². The minimum Gasteiger partial charge on any atom is -0.443 e. The Balaban J connectivity index is 1.95. The van der Waals surface area contributed by atoms with Gasteiger partial charge in [-0.25, -0.2) is 19.7 Å². The average molecular weight is 449 g/mol. The normalized spacial score (nSPS) is 18.7. The smallest absolute Gasteiger partial charge is 0.417 e. The highest BCUT2D eigenvalue weighted by Crippen LogP contribution is 2.46. The van der Waals surface area contributed by atoms with Gasteiger partial charge >= 0.3 is 6.09 Å². The first-order valence-corrected chi connectivity index (χ1v) is 12.7. The van der Waals surface area contributed by atoms with Crippen molar-refractivity contribution < 1.29 is 14.3 Å². The van der Waals surface area contributed by atoms with Crippen LogP contribution in [0.25, 0.3) is 11.0 Å². The van der Waals surface area contributed by atoms with Crippen molar-refractivity contribution >= 4 is 46.6 Å². The number of aromatic nitrogens is 3. The minimum atomic E-state index is -0.664. The Bertz CT molecular complexity index is 1010. The molecule has 7 nitrogen and oxygen atoms in total. The molecule has 2 aromatic rings. The van der Waals surface area contributed by atoms with E-state index in [9.17, 15) is 9.59 Å². The zero-order valence-corrected chi connectivity index (χ0v) is 19.8. The topological polar surface area (TPSA) is 77.3 Å². The highest BCUT2D eigenvalue weighted by Gasteiger charge is 2.49. The first-order valence-electron chi connectivity index (χ1n) is 10.3. The lowest BCUT2D eigenvalue weighted by molar-refractivity contribution is 0.00722. The zero-order valence-electron chi connectivity index (χ0n) is 18.2. The fourth-order valence-electron chi connectivity index (χ4n) is 4.60. The van der Waals surface area contributed by atoms with E-state index in [2.05, 4.69) is 9.55 Å². The molecule has 0 saturated heterocycles. The molecule has 4 rings (SSSR count). The van der Waals surface area contributed by atoms with Crippen molar-refractivity contribution in [1.82, 2.24) is 19.4 Å². The van der Waals surface area contributed by atoms with E-state index in [0.717, 1.165) is 48.0 Å². The van der Waals surface area contributed by atoms with Crippen molar-refractivity contribution in [1.29, 1.82) is 0 Å². The molecule has 1 spiro atoms. The average Bonchev–Trinajstić information content (AvgIpc) is 3.05. The molecule has 0 bridgehead atoms. The first kappa shape index (κ1) is 21.5. The molecule has 1 aliphatic heterocycles. The summed E-state index contributed by atoms with van der Waals surface area (Å²) in [5.74, 6) is -0.312. The monoisotopic (exact) mass is 448 g/mol. The molecule has 1 fully saturated rings. The summed E-state index contributed by atoms with van der Waals surface area (Å²) >= 11 is 2.99. The number of rotatable bonds is 2. The molecule has 30 heavy (non-hydrogen) atoms. The summed E-state index contributed by atoms with van der Waals surface area (Å²) in [4.78, 5) is 38.0. The molecule has 0 N–H and O–H groups in total. The molecule has 2 aliphatic rings. The van der Waals surface area contributed by atoms with Crippen LogP contribution in [0.5, 0.6) is 0 Å². The predicted molar refractivity (Wildman–Crippen MR) is 119 cm³/mol. The number of thioether (sulfide) groups is 2. The Morgan fingerprint density at radius 1 is 1.17 bits per heavy atom. The second-order valence-electron chi connectivity index (χ2n) is 8.97. The number of carbonyl (C=O) groups excluding carboxylic acids is 2. The number of hydrogen-bond donors (Lipinski definition) is 0. The van der Waals surface area contributed by atoms with Crippen LogP contribution in [0.15, 0.2) is 16.2 Å². The Morgan fingerprint density at radius 2 is 1.87 bits per heavy atom. The number of nitrogens with zero attached hydrogens (tertiary/aromatic N) is 4. The third-order valence-corrected chi connectivity index (χ3v) is 7.18. The lowest BCUT2D eigenvalue weighted by atomic mass is 9.79. The zero-order chi connectivity index (χ0) is 21.7. The van der Waals surface area contributed by atoms with Crippen molar-refractivity contribution in [2.75, 3.05) is 19.1 Å². The highest BCUT2D eigenvalue weighted by molar-refractivity contribution is 7.99. The number of ether oxygens (including phenoxy) is 1. The molecule has 3 heterocycles. The summed E-state index contributed by atoms with van der Waals surface area (Å²) in [6.07, 6.45) is 10.2. The van der Waals surface area contributed by atoms with Crippen molar-refractivity contribution in [2.24, 2.45) is 0 Å². The molecule has 0 radical (unpaired) electrons. The minimum absolute atomic E-state index is 0.312. The van der Waals surface area contributed by atoms with Gasteiger partial charge in [-0.3, -0.25) is 4.79 Å². The van der Waals surface area contributed by atoms with Gasteiger partial charge in [0.2, 0.25) is 0 Å². The van der Waals surface area contributed by atoms with Gasteiger partial charge in [-0.1, -0.05) is 31.0 Å². The quantitative estimate of drug-likeness (QED) is 0.476. The van der Waals surface area contributed by atoms with E-state index >= 15 is 0 Å². The van der Waals surface area contributed by atoms with E-state index in [1.165, 1.54) is 28.4 Å². The van der Waals surface area contributed by atoms with E-state index in [4.69, 9.17) is 9.72 Å². The molecule has 2 amide bonds. The summed E-state index contributed by atoms with van der Waals surface area (Å²) in [5.41, 5.74) is 0.327. The van der Waals surface area contributed by atoms with Crippen LogP contribution in [-0.4, -0.2) is 56.1 Å². The third-order valence-electron chi connectivity index (χ3n) is 5.80. The second-order valence-corrected chi connectivity index (χ2v) is 10.6. The Kier molecular flexibility index (Phi) is 5.55. The van der Waals surface area contributed by atoms with Crippen LogP contribution >= 0.6 is 23.5 Å². The lowest BCUT2D eigenvalue weighted by Gasteiger charge is -2.46. The number of hydrogen-bond acceptors (Lipinski definition) is 7. The van der Waals surface area contributed by atoms with E-state index in [-0.39, 0.29) is 11.4 Å². The number of amides is 2. The standard InChI is InChI=1S/C21H28N4O3S2/c1-20(2,3)28-19(27)24-12-21(9-7-6-8-10-21)25-14(17(24)26)15(29-4)13-11-22-18(30-5)23-16(13)25/h11H,6-10,12H2,1-5H3. The van der Waals surface area contributed by atoms with Gasteiger partial charge in [0, 0.05) is 11.1 Å². The van der Waals surface area contributed by atoms with Gasteiger partial charge < -0.3 is 9.30 Å². The number of fused-ring (bicyclic) bond motifs is 4. The maximum Gasteiger partial charge on any atom is 0.417 e. The maximum atomic E-state index is 13.6. The molecule has 0 aromatic carbocycles. The largest absolute Gasteiger partial charge is 0.443 e. The van der Waals surface area contributed by atoms with Gasteiger partial charge in [0.05, 0.1) is 17.5 Å². The summed E-state index contributed by atoms with van der Waals surface area (Å²) in [6.45, 7) is 5.78. The molecule has 0 unspecified atom stereocenters. The maximum absolute atomic E-state index is 13.6. The van der Waals surface area contributed by atoms with Crippen LogP contribution in [0.2, 0.25) is 0 Å². The van der Waals surface area contributed by atoms with Crippen LogP contribution in [0, 0.1) is 0 Å². The molecule has 9 heteroatoms. The predicted octanol–water partition coefficient (Wildman–Crippen LogP) is 4.93. The molecular formula is C21H28N4O3S2. The van der Waals surface area contributed by atoms with E-state index in [1.54, 1.807) is 0 Å². The summed E-state index contributed by atoms with van der Waals surface area (Å²) < 4.78 is 7.74. The highest BCUT2D eigenvalue weighted by atomic mass is 32.2. The molecule has 0 atom stereocenters. The molecular weight excluding hydrogens is 420 g/mol. The van der Waals surface area contributed by atoms with E-state index in [0.29, 0.717) is 17.4 Å². The van der Waals surface area contributed by atoms with Gasteiger partial charge in [0.15, 0.2) is 5.16 Å². The fraction of sp³-hybridized carbons (Fsp3) is 0.619. The van der Waals surface area contributed by atoms with Gasteiger partial charge in [0.1, 0.15) is 16.9 Å². The molecule has 1 saturated carbocycles. The van der Waals surface area contributed by atoms with Crippen molar-refractivity contribution in [3.05, 3.63) is 11.9 Å². The Labute approximate surface area is 185 Å². The number of carbonyl (C=O) groups is 2. The Hall–Kier alpha value is -1.74. The van der Waals surface area contributed by atoms with Gasteiger partial charge in [-0.05, 0) is 46.1 Å². The molecule has 2 aromatic heterocycles. The Morgan fingerprint density at radius 3 is 2.47 bits per heavy atom. The first-order chi connectivity index (χ1) is 14.2. The van der Waals surface area contributed by atoms with Crippen LogP contribution in [0.1, 0.15) is 63.4 Å².